The van der Waals surface area contributed by atoms with Gasteiger partial charge in [-0.2, -0.15) is 0 Å². The Morgan fingerprint density at radius 2 is 1.69 bits per heavy atom. The molecule has 0 aliphatic heterocycles. The summed E-state index contributed by atoms with van der Waals surface area (Å²) in [5.41, 5.74) is 1.61. The van der Waals surface area contributed by atoms with Gasteiger partial charge < -0.3 is 15.0 Å². The summed E-state index contributed by atoms with van der Waals surface area (Å²) < 4.78 is 5.65. The zero-order valence-electron chi connectivity index (χ0n) is 17.0. The van der Waals surface area contributed by atoms with Gasteiger partial charge in [0, 0.05) is 28.2 Å². The first-order valence-corrected chi connectivity index (χ1v) is 10.2. The molecular formula is C22H26Cl2N2O3. The number of benzene rings is 2. The van der Waals surface area contributed by atoms with Gasteiger partial charge >= 0.3 is 0 Å². The maximum atomic E-state index is 13.0. The fraction of sp³-hybridized carbons (Fsp3) is 0.364. The van der Waals surface area contributed by atoms with Crippen LogP contribution in [0, 0.1) is 6.92 Å². The molecule has 5 nitrogen and oxygen atoms in total. The average Bonchev–Trinajstić information content (AvgIpc) is 2.65. The SMILES string of the molecule is Cc1cccc(OCC(=O)N(Cc2c(Cl)cccc2Cl)[C@@H](C)C(=O)NC(C)C)c1. The van der Waals surface area contributed by atoms with Crippen molar-refractivity contribution in [2.45, 2.75) is 46.3 Å². The molecule has 0 spiro atoms. The molecule has 7 heteroatoms. The number of carbonyl (C=O) groups excluding carboxylic acids is 2. The molecule has 0 aromatic heterocycles. The van der Waals surface area contributed by atoms with E-state index in [9.17, 15) is 9.59 Å². The van der Waals surface area contributed by atoms with Gasteiger partial charge in [0.25, 0.3) is 5.91 Å². The summed E-state index contributed by atoms with van der Waals surface area (Å²) in [4.78, 5) is 27.0. The molecule has 0 bridgehead atoms. The highest BCUT2D eigenvalue weighted by atomic mass is 35.5. The van der Waals surface area contributed by atoms with Crippen molar-refractivity contribution >= 4 is 35.0 Å². The van der Waals surface area contributed by atoms with Crippen LogP contribution in [0.1, 0.15) is 31.9 Å². The molecule has 2 aromatic rings. The lowest BCUT2D eigenvalue weighted by molar-refractivity contribution is -0.142. The van der Waals surface area contributed by atoms with E-state index in [1.54, 1.807) is 31.2 Å². The van der Waals surface area contributed by atoms with Gasteiger partial charge in [-0.25, -0.2) is 0 Å². The molecule has 29 heavy (non-hydrogen) atoms. The van der Waals surface area contributed by atoms with Crippen molar-refractivity contribution in [1.29, 1.82) is 0 Å². The molecule has 0 aliphatic carbocycles. The first kappa shape index (κ1) is 23.0. The predicted molar refractivity (Wildman–Crippen MR) is 116 cm³/mol. The highest BCUT2D eigenvalue weighted by Gasteiger charge is 2.28. The number of halogens is 2. The fourth-order valence-corrected chi connectivity index (χ4v) is 3.29. The number of hydrogen-bond acceptors (Lipinski definition) is 3. The number of carbonyl (C=O) groups is 2. The molecule has 0 saturated heterocycles. The highest BCUT2D eigenvalue weighted by molar-refractivity contribution is 6.36. The molecule has 0 radical (unpaired) electrons. The monoisotopic (exact) mass is 436 g/mol. The Morgan fingerprint density at radius 1 is 1.07 bits per heavy atom. The van der Waals surface area contributed by atoms with Crippen molar-refractivity contribution in [3.05, 3.63) is 63.6 Å². The van der Waals surface area contributed by atoms with E-state index < -0.39 is 6.04 Å². The molecule has 2 rings (SSSR count). The number of nitrogens with zero attached hydrogens (tertiary/aromatic N) is 1. The van der Waals surface area contributed by atoms with Gasteiger partial charge in [0.1, 0.15) is 11.8 Å². The van der Waals surface area contributed by atoms with Crippen LogP contribution in [0.25, 0.3) is 0 Å². The molecule has 1 atom stereocenters. The van der Waals surface area contributed by atoms with E-state index in [2.05, 4.69) is 5.32 Å². The third kappa shape index (κ3) is 6.65. The summed E-state index contributed by atoms with van der Waals surface area (Å²) in [6, 6.07) is 11.8. The van der Waals surface area contributed by atoms with Gasteiger partial charge in [0.15, 0.2) is 6.61 Å². The Hall–Kier alpha value is -2.24. The van der Waals surface area contributed by atoms with Crippen molar-refractivity contribution in [3.63, 3.8) is 0 Å². The number of hydrogen-bond donors (Lipinski definition) is 1. The minimum Gasteiger partial charge on any atom is -0.484 e. The minimum atomic E-state index is -0.724. The van der Waals surface area contributed by atoms with Crippen molar-refractivity contribution < 1.29 is 14.3 Å². The topological polar surface area (TPSA) is 58.6 Å². The van der Waals surface area contributed by atoms with Crippen LogP contribution in [0.3, 0.4) is 0 Å². The van der Waals surface area contributed by atoms with E-state index >= 15 is 0 Å². The van der Waals surface area contributed by atoms with Crippen molar-refractivity contribution in [2.75, 3.05) is 6.61 Å². The summed E-state index contributed by atoms with van der Waals surface area (Å²) in [5, 5.41) is 3.71. The third-order valence-electron chi connectivity index (χ3n) is 4.34. The molecule has 0 unspecified atom stereocenters. The number of aryl methyl sites for hydroxylation is 1. The molecule has 0 aliphatic rings. The summed E-state index contributed by atoms with van der Waals surface area (Å²) in [6.45, 7) is 7.24. The van der Waals surface area contributed by atoms with E-state index in [1.165, 1.54) is 4.90 Å². The maximum Gasteiger partial charge on any atom is 0.261 e. The largest absolute Gasteiger partial charge is 0.484 e. The maximum absolute atomic E-state index is 13.0. The number of rotatable bonds is 8. The number of ether oxygens (including phenoxy) is 1. The van der Waals surface area contributed by atoms with Gasteiger partial charge in [-0.05, 0) is 57.5 Å². The number of nitrogens with one attached hydrogen (secondary N) is 1. The molecule has 2 amide bonds. The molecule has 0 fully saturated rings. The molecule has 0 heterocycles. The van der Waals surface area contributed by atoms with Gasteiger partial charge in [-0.15, -0.1) is 0 Å². The van der Waals surface area contributed by atoms with Crippen molar-refractivity contribution in [2.24, 2.45) is 0 Å². The van der Waals surface area contributed by atoms with Crippen molar-refractivity contribution in [3.8, 4) is 5.75 Å². The lowest BCUT2D eigenvalue weighted by atomic mass is 10.1. The van der Waals surface area contributed by atoms with Crippen LogP contribution in [0.2, 0.25) is 10.0 Å². The smallest absolute Gasteiger partial charge is 0.261 e. The van der Waals surface area contributed by atoms with E-state index in [4.69, 9.17) is 27.9 Å². The Balaban J connectivity index is 2.22. The van der Waals surface area contributed by atoms with Crippen LogP contribution in [0.5, 0.6) is 5.75 Å². The van der Waals surface area contributed by atoms with Crippen LogP contribution >= 0.6 is 23.2 Å². The minimum absolute atomic E-state index is 0.0469. The Labute approximate surface area is 181 Å². The Morgan fingerprint density at radius 3 is 2.28 bits per heavy atom. The summed E-state index contributed by atoms with van der Waals surface area (Å²) in [5.74, 6) is -0.00524. The van der Waals surface area contributed by atoms with E-state index in [-0.39, 0.29) is 31.0 Å². The lowest BCUT2D eigenvalue weighted by Crippen LogP contribution is -2.50. The van der Waals surface area contributed by atoms with Gasteiger partial charge in [-0.1, -0.05) is 41.4 Å². The van der Waals surface area contributed by atoms with Crippen LogP contribution in [-0.4, -0.2) is 35.4 Å². The first-order valence-electron chi connectivity index (χ1n) is 9.41. The second kappa shape index (κ2) is 10.5. The van der Waals surface area contributed by atoms with Gasteiger partial charge in [0.05, 0.1) is 0 Å². The second-order valence-corrected chi connectivity index (χ2v) is 7.98. The first-order chi connectivity index (χ1) is 13.7. The average molecular weight is 437 g/mol. The number of amides is 2. The standard InChI is InChI=1S/C22H26Cl2N2O3/c1-14(2)25-22(28)16(4)26(12-18-19(23)9-6-10-20(18)24)21(27)13-29-17-8-5-7-15(3)11-17/h5-11,14,16H,12-13H2,1-4H3,(H,25,28)/t16-/m0/s1. The normalized spacial score (nSPS) is 11.8. The molecule has 156 valence electrons. The molecule has 2 aromatic carbocycles. The molecule has 1 N–H and O–H groups in total. The summed E-state index contributed by atoms with van der Waals surface area (Å²) >= 11 is 12.6. The van der Waals surface area contributed by atoms with Crippen molar-refractivity contribution in [1.82, 2.24) is 10.2 Å². The van der Waals surface area contributed by atoms with Crippen LogP contribution in [0.4, 0.5) is 0 Å². The fourth-order valence-electron chi connectivity index (χ4n) is 2.77. The summed E-state index contributed by atoms with van der Waals surface area (Å²) in [7, 11) is 0. The lowest BCUT2D eigenvalue weighted by Gasteiger charge is -2.30. The van der Waals surface area contributed by atoms with Gasteiger partial charge in [0.2, 0.25) is 5.91 Å². The molecule has 0 saturated carbocycles. The molecular weight excluding hydrogens is 411 g/mol. The van der Waals surface area contributed by atoms with E-state index in [0.29, 0.717) is 21.4 Å². The predicted octanol–water partition coefficient (Wildman–Crippen LogP) is 4.62. The Bertz CT molecular complexity index is 851. The van der Waals surface area contributed by atoms with E-state index in [1.807, 2.05) is 39.0 Å². The van der Waals surface area contributed by atoms with Crippen LogP contribution < -0.4 is 10.1 Å². The zero-order chi connectivity index (χ0) is 21.6. The Kier molecular flexibility index (Phi) is 8.35. The van der Waals surface area contributed by atoms with Gasteiger partial charge in [-0.3, -0.25) is 9.59 Å². The quantitative estimate of drug-likeness (QED) is 0.656. The second-order valence-electron chi connectivity index (χ2n) is 7.17. The highest BCUT2D eigenvalue weighted by Crippen LogP contribution is 2.26. The third-order valence-corrected chi connectivity index (χ3v) is 5.05. The van der Waals surface area contributed by atoms with Crippen LogP contribution in [0.15, 0.2) is 42.5 Å². The van der Waals surface area contributed by atoms with E-state index in [0.717, 1.165) is 5.56 Å². The summed E-state index contributed by atoms with van der Waals surface area (Å²) in [6.07, 6.45) is 0. The zero-order valence-corrected chi connectivity index (χ0v) is 18.6. The van der Waals surface area contributed by atoms with Crippen LogP contribution in [-0.2, 0) is 16.1 Å².